The first-order valence-corrected chi connectivity index (χ1v) is 13.5. The van der Waals surface area contributed by atoms with Gasteiger partial charge in [-0.2, -0.15) is 10.4 Å². The molecule has 5 rings (SSSR count). The first-order valence-electron chi connectivity index (χ1n) is 12.7. The van der Waals surface area contributed by atoms with Crippen LogP contribution >= 0.6 is 23.2 Å². The third-order valence-electron chi connectivity index (χ3n) is 6.44. The molecule has 1 amide bonds. The molecule has 41 heavy (non-hydrogen) atoms. The number of hydrazone groups is 1. The van der Waals surface area contributed by atoms with Gasteiger partial charge in [0.1, 0.15) is 6.61 Å². The Bertz CT molecular complexity index is 1750. The summed E-state index contributed by atoms with van der Waals surface area (Å²) in [7, 11) is 0. The Morgan fingerprint density at radius 1 is 0.951 bits per heavy atom. The van der Waals surface area contributed by atoms with Crippen LogP contribution in [0.5, 0.6) is 5.75 Å². The topological polar surface area (TPSA) is 79.4 Å². The second-order valence-electron chi connectivity index (χ2n) is 9.18. The third-order valence-corrected chi connectivity index (χ3v) is 7.00. The molecule has 0 saturated carbocycles. The second kappa shape index (κ2) is 12.6. The van der Waals surface area contributed by atoms with Gasteiger partial charge in [0.2, 0.25) is 0 Å². The van der Waals surface area contributed by atoms with Gasteiger partial charge < -0.3 is 9.30 Å². The molecule has 1 heterocycles. The minimum absolute atomic E-state index is 0.142. The van der Waals surface area contributed by atoms with Gasteiger partial charge in [0.15, 0.2) is 5.75 Å². The normalized spacial score (nSPS) is 10.9. The molecule has 202 valence electrons. The van der Waals surface area contributed by atoms with Gasteiger partial charge in [-0.05, 0) is 72.6 Å². The van der Waals surface area contributed by atoms with Gasteiger partial charge >= 0.3 is 0 Å². The van der Waals surface area contributed by atoms with Crippen molar-refractivity contribution in [2.24, 2.45) is 5.10 Å². The molecular weight excluding hydrogens is 555 g/mol. The molecule has 8 heteroatoms. The number of ether oxygens (including phenoxy) is 1. The van der Waals surface area contributed by atoms with Crippen molar-refractivity contribution in [3.8, 4) is 28.8 Å². The summed E-state index contributed by atoms with van der Waals surface area (Å²) in [5.74, 6) is -0.0516. The number of hydrogen-bond donors (Lipinski definition) is 1. The van der Waals surface area contributed by atoms with Crippen molar-refractivity contribution >= 4 is 35.3 Å². The molecule has 6 nitrogen and oxygen atoms in total. The summed E-state index contributed by atoms with van der Waals surface area (Å²) in [5, 5.41) is 13.9. The van der Waals surface area contributed by atoms with Crippen molar-refractivity contribution in [1.82, 2.24) is 9.99 Å². The number of rotatable bonds is 8. The van der Waals surface area contributed by atoms with Gasteiger partial charge in [-0.1, -0.05) is 71.7 Å². The van der Waals surface area contributed by atoms with Crippen molar-refractivity contribution in [3.63, 3.8) is 0 Å². The van der Waals surface area contributed by atoms with E-state index < -0.39 is 0 Å². The zero-order valence-corrected chi connectivity index (χ0v) is 23.5. The molecule has 0 spiro atoms. The van der Waals surface area contributed by atoms with E-state index >= 15 is 0 Å². The standard InChI is InChI=1S/C33H24Cl2N4O2/c1-22-11-16-31(24-7-3-2-4-8-24)39(22)28-14-12-25(13-15-28)33(40)38-37-20-23-17-29(34)32(30(35)18-23)41-21-27-10-6-5-9-26(27)19-36/h2-18,20H,21H2,1H3,(H,38,40)/b37-20+. The molecule has 0 unspecified atom stereocenters. The van der Waals surface area contributed by atoms with Gasteiger partial charge in [0, 0.05) is 22.5 Å². The van der Waals surface area contributed by atoms with E-state index in [9.17, 15) is 10.1 Å². The third kappa shape index (κ3) is 6.33. The predicted octanol–water partition coefficient (Wildman–Crippen LogP) is 7.97. The number of carbonyl (C=O) groups excluding carboxylic acids is 1. The van der Waals surface area contributed by atoms with Crippen LogP contribution in [0, 0.1) is 18.3 Å². The number of nitrogens with zero attached hydrogens (tertiary/aromatic N) is 3. The molecule has 0 aliphatic rings. The van der Waals surface area contributed by atoms with Crippen molar-refractivity contribution < 1.29 is 9.53 Å². The first kappa shape index (κ1) is 27.7. The number of aryl methyl sites for hydroxylation is 1. The molecule has 1 aromatic heterocycles. The van der Waals surface area contributed by atoms with Gasteiger partial charge in [-0.3, -0.25) is 4.79 Å². The Kier molecular flexibility index (Phi) is 8.50. The highest BCUT2D eigenvalue weighted by molar-refractivity contribution is 6.37. The molecule has 5 aromatic rings. The maximum Gasteiger partial charge on any atom is 0.271 e. The van der Waals surface area contributed by atoms with Crippen molar-refractivity contribution in [2.75, 3.05) is 0 Å². The number of nitrogens with one attached hydrogen (secondary N) is 1. The Balaban J connectivity index is 1.24. The first-order chi connectivity index (χ1) is 19.9. The molecule has 0 atom stereocenters. The van der Waals surface area contributed by atoms with E-state index in [1.54, 1.807) is 42.5 Å². The zero-order valence-electron chi connectivity index (χ0n) is 22.0. The van der Waals surface area contributed by atoms with Gasteiger partial charge in [0.05, 0.1) is 33.6 Å². The molecule has 0 bridgehead atoms. The van der Waals surface area contributed by atoms with Crippen LogP contribution in [-0.2, 0) is 6.61 Å². The Hall–Kier alpha value is -4.83. The zero-order chi connectivity index (χ0) is 28.8. The van der Waals surface area contributed by atoms with Crippen LogP contribution in [0.25, 0.3) is 16.9 Å². The lowest BCUT2D eigenvalue weighted by molar-refractivity contribution is 0.0955. The van der Waals surface area contributed by atoms with Crippen molar-refractivity contribution in [1.29, 1.82) is 5.26 Å². The molecule has 4 aromatic carbocycles. The SMILES string of the molecule is Cc1ccc(-c2ccccc2)n1-c1ccc(C(=O)N/N=C/c2cc(Cl)c(OCc3ccccc3C#N)c(Cl)c2)cc1. The van der Waals surface area contributed by atoms with E-state index in [1.807, 2.05) is 43.3 Å². The minimum atomic E-state index is -0.353. The van der Waals surface area contributed by atoms with Gasteiger partial charge in [-0.25, -0.2) is 5.43 Å². The van der Waals surface area contributed by atoms with Crippen LogP contribution in [0.4, 0.5) is 0 Å². The lowest BCUT2D eigenvalue weighted by Crippen LogP contribution is -2.17. The molecular formula is C33H24Cl2N4O2. The van der Waals surface area contributed by atoms with Gasteiger partial charge in [-0.15, -0.1) is 0 Å². The molecule has 0 fully saturated rings. The van der Waals surface area contributed by atoms with E-state index in [0.717, 1.165) is 28.2 Å². The maximum atomic E-state index is 12.7. The lowest BCUT2D eigenvalue weighted by Gasteiger charge is -2.13. The summed E-state index contributed by atoms with van der Waals surface area (Å²) in [6.45, 7) is 2.19. The molecule has 0 saturated heterocycles. The lowest BCUT2D eigenvalue weighted by atomic mass is 10.1. The maximum absolute atomic E-state index is 12.7. The summed E-state index contributed by atoms with van der Waals surface area (Å²) in [5.41, 5.74) is 9.06. The van der Waals surface area contributed by atoms with Crippen LogP contribution in [0.2, 0.25) is 10.0 Å². The number of nitriles is 1. The fourth-order valence-corrected chi connectivity index (χ4v) is 5.02. The number of carbonyl (C=O) groups is 1. The number of halogens is 2. The summed E-state index contributed by atoms with van der Waals surface area (Å²) < 4.78 is 7.95. The van der Waals surface area contributed by atoms with E-state index in [1.165, 1.54) is 6.21 Å². The Morgan fingerprint density at radius 3 is 2.34 bits per heavy atom. The number of hydrogen-bond acceptors (Lipinski definition) is 4. The van der Waals surface area contributed by atoms with E-state index in [2.05, 4.69) is 45.4 Å². The van der Waals surface area contributed by atoms with E-state index in [0.29, 0.717) is 22.4 Å². The number of benzene rings is 4. The van der Waals surface area contributed by atoms with Crippen molar-refractivity contribution in [2.45, 2.75) is 13.5 Å². The fraction of sp³-hybridized carbons (Fsp3) is 0.0606. The largest absolute Gasteiger partial charge is 0.486 e. The van der Waals surface area contributed by atoms with Crippen LogP contribution < -0.4 is 10.2 Å². The molecule has 0 aliphatic carbocycles. The summed E-state index contributed by atoms with van der Waals surface area (Å²) >= 11 is 12.8. The van der Waals surface area contributed by atoms with Crippen LogP contribution in [-0.4, -0.2) is 16.7 Å². The smallest absolute Gasteiger partial charge is 0.271 e. The average molecular weight is 579 g/mol. The van der Waals surface area contributed by atoms with Crippen LogP contribution in [0.3, 0.4) is 0 Å². The van der Waals surface area contributed by atoms with Crippen LogP contribution in [0.1, 0.15) is 32.7 Å². The molecule has 1 N–H and O–H groups in total. The van der Waals surface area contributed by atoms with Crippen LogP contribution in [0.15, 0.2) is 108 Å². The summed E-state index contributed by atoms with van der Waals surface area (Å²) in [6, 6.07) is 34.2. The predicted molar refractivity (Wildman–Crippen MR) is 163 cm³/mol. The van der Waals surface area contributed by atoms with Crippen molar-refractivity contribution in [3.05, 3.63) is 141 Å². The molecule has 0 aliphatic heterocycles. The highest BCUT2D eigenvalue weighted by atomic mass is 35.5. The van der Waals surface area contributed by atoms with Gasteiger partial charge in [0.25, 0.3) is 5.91 Å². The number of aromatic nitrogens is 1. The highest BCUT2D eigenvalue weighted by Crippen LogP contribution is 2.34. The quantitative estimate of drug-likeness (QED) is 0.150. The van der Waals surface area contributed by atoms with E-state index in [4.69, 9.17) is 27.9 Å². The average Bonchev–Trinajstić information content (AvgIpc) is 3.38. The summed E-state index contributed by atoms with van der Waals surface area (Å²) in [6.07, 6.45) is 1.45. The minimum Gasteiger partial charge on any atom is -0.486 e. The second-order valence-corrected chi connectivity index (χ2v) is 9.99. The van der Waals surface area contributed by atoms with E-state index in [-0.39, 0.29) is 22.6 Å². The Morgan fingerprint density at radius 2 is 1.63 bits per heavy atom. The number of amides is 1. The highest BCUT2D eigenvalue weighted by Gasteiger charge is 2.13. The fourth-order valence-electron chi connectivity index (χ4n) is 4.40. The monoisotopic (exact) mass is 578 g/mol. The molecule has 0 radical (unpaired) electrons. The Labute approximate surface area is 248 Å². The summed E-state index contributed by atoms with van der Waals surface area (Å²) in [4.78, 5) is 12.7.